The molecular weight excluding hydrogens is 398 g/mol. The van der Waals surface area contributed by atoms with E-state index in [0.29, 0.717) is 24.2 Å². The van der Waals surface area contributed by atoms with E-state index in [2.05, 4.69) is 34.3 Å². The maximum Gasteiger partial charge on any atom is 0.305 e. The van der Waals surface area contributed by atoms with Gasteiger partial charge in [0.2, 0.25) is 0 Å². The standard InChI is InChI=1S/C28H33NO3/c1-32-26(30)12-8-3-2-7-11-25-23-17-18-24(19-23)27(25)29-28(31)22-15-13-21(14-16-22)20-9-5-4-6-10-20/h2,4-7,9-10,13-16,23-25,27H,3,8,11-12,17-19H2,1H3,(H,29,31)/b7-2+. The number of fused-ring (bicyclic) bond motifs is 2. The summed E-state index contributed by atoms with van der Waals surface area (Å²) in [6.07, 6.45) is 11.3. The Kier molecular flexibility index (Phi) is 7.41. The number of nitrogens with one attached hydrogen (secondary N) is 1. The van der Waals surface area contributed by atoms with E-state index in [-0.39, 0.29) is 17.9 Å². The first-order valence-corrected chi connectivity index (χ1v) is 11.8. The molecule has 2 saturated carbocycles. The van der Waals surface area contributed by atoms with Crippen LogP contribution < -0.4 is 5.32 Å². The fraction of sp³-hybridized carbons (Fsp3) is 0.429. The van der Waals surface area contributed by atoms with Gasteiger partial charge < -0.3 is 10.1 Å². The van der Waals surface area contributed by atoms with E-state index < -0.39 is 0 Å². The molecule has 4 rings (SSSR count). The highest BCUT2D eigenvalue weighted by molar-refractivity contribution is 5.95. The molecule has 2 fully saturated rings. The molecule has 4 nitrogen and oxygen atoms in total. The van der Waals surface area contributed by atoms with Gasteiger partial charge in [-0.3, -0.25) is 9.59 Å². The molecule has 1 N–H and O–H groups in total. The fourth-order valence-electron chi connectivity index (χ4n) is 5.49. The predicted molar refractivity (Wildman–Crippen MR) is 127 cm³/mol. The van der Waals surface area contributed by atoms with Crippen LogP contribution in [-0.4, -0.2) is 25.0 Å². The lowest BCUT2D eigenvalue weighted by atomic mass is 9.82. The first kappa shape index (κ1) is 22.3. The van der Waals surface area contributed by atoms with Crippen molar-refractivity contribution in [1.82, 2.24) is 5.32 Å². The van der Waals surface area contributed by atoms with Crippen molar-refractivity contribution in [2.24, 2.45) is 17.8 Å². The SMILES string of the molecule is COC(=O)CCC/C=C/CC1C2CCC(C2)C1NC(=O)c1ccc(-c2ccccc2)cc1. The van der Waals surface area contributed by atoms with Gasteiger partial charge in [0.25, 0.3) is 5.91 Å². The van der Waals surface area contributed by atoms with Crippen LogP contribution in [0.3, 0.4) is 0 Å². The van der Waals surface area contributed by atoms with Crippen LogP contribution in [0.1, 0.15) is 55.3 Å². The molecule has 0 saturated heterocycles. The maximum absolute atomic E-state index is 13.0. The zero-order valence-electron chi connectivity index (χ0n) is 18.8. The molecule has 2 aromatic carbocycles. The Morgan fingerprint density at radius 1 is 0.969 bits per heavy atom. The number of esters is 1. The van der Waals surface area contributed by atoms with Gasteiger partial charge in [-0.2, -0.15) is 0 Å². The molecule has 1 amide bonds. The van der Waals surface area contributed by atoms with Gasteiger partial charge in [0, 0.05) is 18.0 Å². The Balaban J connectivity index is 1.32. The number of unbranched alkanes of at least 4 members (excludes halogenated alkanes) is 1. The molecule has 0 spiro atoms. The molecule has 2 aromatic rings. The quantitative estimate of drug-likeness (QED) is 0.311. The first-order valence-electron chi connectivity index (χ1n) is 11.8. The minimum absolute atomic E-state index is 0.0363. The Labute approximate surface area is 191 Å². The van der Waals surface area contributed by atoms with Crippen LogP contribution in [0.5, 0.6) is 0 Å². The Bertz CT molecular complexity index is 935. The van der Waals surface area contributed by atoms with Gasteiger partial charge in [0.05, 0.1) is 7.11 Å². The lowest BCUT2D eigenvalue weighted by molar-refractivity contribution is -0.140. The Morgan fingerprint density at radius 3 is 2.44 bits per heavy atom. The lowest BCUT2D eigenvalue weighted by Gasteiger charge is -2.31. The van der Waals surface area contributed by atoms with Gasteiger partial charge in [-0.1, -0.05) is 54.6 Å². The molecule has 4 unspecified atom stereocenters. The number of ether oxygens (including phenoxy) is 1. The normalized spacial score (nSPS) is 24.0. The van der Waals surface area contributed by atoms with E-state index in [4.69, 9.17) is 0 Å². The number of benzene rings is 2. The van der Waals surface area contributed by atoms with Gasteiger partial charge >= 0.3 is 5.97 Å². The Morgan fingerprint density at radius 2 is 1.69 bits per heavy atom. The van der Waals surface area contributed by atoms with Crippen molar-refractivity contribution in [2.45, 2.75) is 51.0 Å². The van der Waals surface area contributed by atoms with E-state index in [1.165, 1.54) is 26.4 Å². The number of rotatable bonds is 9. The van der Waals surface area contributed by atoms with Gasteiger partial charge in [0.1, 0.15) is 0 Å². The second kappa shape index (κ2) is 10.6. The van der Waals surface area contributed by atoms with Crippen LogP contribution in [0.4, 0.5) is 0 Å². The maximum atomic E-state index is 13.0. The molecule has 2 bridgehead atoms. The monoisotopic (exact) mass is 431 g/mol. The topological polar surface area (TPSA) is 55.4 Å². The summed E-state index contributed by atoms with van der Waals surface area (Å²) in [6, 6.07) is 18.4. The molecule has 168 valence electrons. The number of allylic oxidation sites excluding steroid dienone is 2. The van der Waals surface area contributed by atoms with Crippen LogP contribution in [-0.2, 0) is 9.53 Å². The van der Waals surface area contributed by atoms with Crippen molar-refractivity contribution in [2.75, 3.05) is 7.11 Å². The molecule has 4 atom stereocenters. The molecule has 32 heavy (non-hydrogen) atoms. The van der Waals surface area contributed by atoms with E-state index >= 15 is 0 Å². The average molecular weight is 432 g/mol. The van der Waals surface area contributed by atoms with Crippen molar-refractivity contribution in [1.29, 1.82) is 0 Å². The molecule has 0 radical (unpaired) electrons. The molecule has 0 aromatic heterocycles. The summed E-state index contributed by atoms with van der Waals surface area (Å²) in [5.74, 6) is 1.72. The summed E-state index contributed by atoms with van der Waals surface area (Å²) in [7, 11) is 1.43. The average Bonchev–Trinajstić information content (AvgIpc) is 3.44. The highest BCUT2D eigenvalue weighted by Gasteiger charge is 2.47. The number of methoxy groups -OCH3 is 1. The largest absolute Gasteiger partial charge is 0.469 e. The van der Waals surface area contributed by atoms with Crippen molar-refractivity contribution in [3.05, 3.63) is 72.3 Å². The number of carbonyl (C=O) groups excluding carboxylic acids is 2. The number of hydrogen-bond acceptors (Lipinski definition) is 3. The van der Waals surface area contributed by atoms with E-state index in [1.807, 2.05) is 42.5 Å². The van der Waals surface area contributed by atoms with Crippen molar-refractivity contribution in [3.63, 3.8) is 0 Å². The van der Waals surface area contributed by atoms with Crippen molar-refractivity contribution < 1.29 is 14.3 Å². The highest BCUT2D eigenvalue weighted by atomic mass is 16.5. The van der Waals surface area contributed by atoms with E-state index in [1.54, 1.807) is 0 Å². The molecule has 4 heteroatoms. The zero-order valence-corrected chi connectivity index (χ0v) is 18.8. The number of amides is 1. The van der Waals surface area contributed by atoms with Gasteiger partial charge in [0.15, 0.2) is 0 Å². The molecule has 2 aliphatic rings. The summed E-state index contributed by atoms with van der Waals surface area (Å²) >= 11 is 0. The predicted octanol–water partition coefficient (Wildman–Crippen LogP) is 5.79. The van der Waals surface area contributed by atoms with E-state index in [9.17, 15) is 9.59 Å². The smallest absolute Gasteiger partial charge is 0.305 e. The molecule has 2 aliphatic carbocycles. The van der Waals surface area contributed by atoms with E-state index in [0.717, 1.165) is 36.0 Å². The third-order valence-electron chi connectivity index (χ3n) is 7.19. The fourth-order valence-corrected chi connectivity index (χ4v) is 5.49. The van der Waals surface area contributed by atoms with Crippen LogP contribution in [0, 0.1) is 17.8 Å². The van der Waals surface area contributed by atoms with Crippen LogP contribution in [0.15, 0.2) is 66.7 Å². The Hall–Kier alpha value is -2.88. The lowest BCUT2D eigenvalue weighted by Crippen LogP contribution is -2.43. The van der Waals surface area contributed by atoms with Crippen LogP contribution in [0.2, 0.25) is 0 Å². The summed E-state index contributed by atoms with van der Waals surface area (Å²) in [6.45, 7) is 0. The zero-order chi connectivity index (χ0) is 22.3. The number of carbonyl (C=O) groups is 2. The highest BCUT2D eigenvalue weighted by Crippen LogP contribution is 2.50. The van der Waals surface area contributed by atoms with Gasteiger partial charge in [-0.05, 0) is 79.5 Å². The summed E-state index contributed by atoms with van der Waals surface area (Å²) in [4.78, 5) is 24.2. The molecule has 0 heterocycles. The van der Waals surface area contributed by atoms with Gasteiger partial charge in [-0.25, -0.2) is 0 Å². The molecular formula is C28H33NO3. The summed E-state index contributed by atoms with van der Waals surface area (Å²) in [5, 5.41) is 3.38. The minimum Gasteiger partial charge on any atom is -0.469 e. The van der Waals surface area contributed by atoms with Crippen LogP contribution in [0.25, 0.3) is 11.1 Å². The molecule has 0 aliphatic heterocycles. The first-order chi connectivity index (χ1) is 15.7. The summed E-state index contributed by atoms with van der Waals surface area (Å²) in [5.41, 5.74) is 3.01. The van der Waals surface area contributed by atoms with Gasteiger partial charge in [-0.15, -0.1) is 0 Å². The summed E-state index contributed by atoms with van der Waals surface area (Å²) < 4.78 is 4.68. The second-order valence-electron chi connectivity index (χ2n) is 9.12. The third kappa shape index (κ3) is 5.29. The minimum atomic E-state index is -0.147. The third-order valence-corrected chi connectivity index (χ3v) is 7.19. The van der Waals surface area contributed by atoms with Crippen LogP contribution >= 0.6 is 0 Å². The number of hydrogen-bond donors (Lipinski definition) is 1. The van der Waals surface area contributed by atoms with Crippen molar-refractivity contribution >= 4 is 11.9 Å². The second-order valence-corrected chi connectivity index (χ2v) is 9.12. The van der Waals surface area contributed by atoms with Crippen molar-refractivity contribution in [3.8, 4) is 11.1 Å².